The van der Waals surface area contributed by atoms with E-state index >= 15 is 0 Å². The van der Waals surface area contributed by atoms with Gasteiger partial charge >= 0.3 is 0 Å². The van der Waals surface area contributed by atoms with E-state index in [-0.39, 0.29) is 6.04 Å². The van der Waals surface area contributed by atoms with Gasteiger partial charge in [0.15, 0.2) is 0 Å². The highest BCUT2D eigenvalue weighted by Crippen LogP contribution is 2.25. The molecule has 0 spiro atoms. The monoisotopic (exact) mass is 259 g/mol. The summed E-state index contributed by atoms with van der Waals surface area (Å²) in [6.07, 6.45) is 0.933. The Morgan fingerprint density at radius 1 is 1.21 bits per heavy atom. The van der Waals surface area contributed by atoms with Crippen molar-refractivity contribution in [2.45, 2.75) is 40.2 Å². The van der Waals surface area contributed by atoms with E-state index in [0.29, 0.717) is 11.8 Å². The highest BCUT2D eigenvalue weighted by Gasteiger charge is 2.17. The molecule has 0 aliphatic carbocycles. The number of rotatable bonds is 5. The first-order chi connectivity index (χ1) is 9.15. The van der Waals surface area contributed by atoms with Gasteiger partial charge in [-0.2, -0.15) is 0 Å². The van der Waals surface area contributed by atoms with Gasteiger partial charge in [-0.25, -0.2) is 0 Å². The van der Waals surface area contributed by atoms with Gasteiger partial charge < -0.3 is 9.73 Å². The average molecular weight is 259 g/mol. The predicted molar refractivity (Wildman–Crippen MR) is 75.9 cm³/mol. The van der Waals surface area contributed by atoms with Crippen LogP contribution in [0.1, 0.15) is 43.3 Å². The molecule has 19 heavy (non-hydrogen) atoms. The van der Waals surface area contributed by atoms with E-state index in [0.717, 1.165) is 24.1 Å². The molecule has 1 heterocycles. The molecule has 0 bridgehead atoms. The maximum absolute atomic E-state index is 5.83. The minimum atomic E-state index is 0.136. The normalized spacial score (nSPS) is 12.6. The van der Waals surface area contributed by atoms with Crippen molar-refractivity contribution in [1.29, 1.82) is 0 Å². The molecule has 0 saturated carbocycles. The van der Waals surface area contributed by atoms with E-state index in [1.165, 1.54) is 5.56 Å². The summed E-state index contributed by atoms with van der Waals surface area (Å²) < 4.78 is 5.83. The number of hydrogen-bond donors (Lipinski definition) is 1. The molecule has 1 atom stereocenters. The highest BCUT2D eigenvalue weighted by molar-refractivity contribution is 5.59. The highest BCUT2D eigenvalue weighted by atomic mass is 16.4. The maximum Gasteiger partial charge on any atom is 0.248 e. The number of nitrogens with one attached hydrogen (secondary N) is 1. The lowest BCUT2D eigenvalue weighted by molar-refractivity contribution is 0.402. The zero-order chi connectivity index (χ0) is 13.8. The molecule has 0 aliphatic heterocycles. The summed E-state index contributed by atoms with van der Waals surface area (Å²) in [5, 5.41) is 11.7. The average Bonchev–Trinajstić information content (AvgIpc) is 2.88. The van der Waals surface area contributed by atoms with Crippen LogP contribution >= 0.6 is 0 Å². The second-order valence-electron chi connectivity index (χ2n) is 4.78. The van der Waals surface area contributed by atoms with Crippen LogP contribution in [0.15, 0.2) is 22.6 Å². The van der Waals surface area contributed by atoms with E-state index in [9.17, 15) is 0 Å². The first kappa shape index (κ1) is 13.7. The summed E-state index contributed by atoms with van der Waals surface area (Å²) >= 11 is 0. The molecule has 2 rings (SSSR count). The quantitative estimate of drug-likeness (QED) is 0.894. The standard InChI is InChI=1S/C15H21N3O/c1-5-13(16-6-2)15-18-17-14(19-15)12-9-10(3)7-8-11(12)4/h7-9,13,16H,5-6H2,1-4H3. The van der Waals surface area contributed by atoms with Gasteiger partial charge in [-0.15, -0.1) is 10.2 Å². The topological polar surface area (TPSA) is 51.0 Å². The summed E-state index contributed by atoms with van der Waals surface area (Å²) in [4.78, 5) is 0. The van der Waals surface area contributed by atoms with Crippen molar-refractivity contribution >= 4 is 0 Å². The lowest BCUT2D eigenvalue weighted by atomic mass is 10.1. The Morgan fingerprint density at radius 2 is 2.00 bits per heavy atom. The van der Waals surface area contributed by atoms with Crippen molar-refractivity contribution in [1.82, 2.24) is 15.5 Å². The van der Waals surface area contributed by atoms with Gasteiger partial charge in [0.05, 0.1) is 6.04 Å². The van der Waals surface area contributed by atoms with Crippen LogP contribution in [0.2, 0.25) is 0 Å². The zero-order valence-electron chi connectivity index (χ0n) is 12.0. The molecule has 1 unspecified atom stereocenters. The molecule has 1 N–H and O–H groups in total. The Balaban J connectivity index is 2.32. The lowest BCUT2D eigenvalue weighted by Crippen LogP contribution is -2.20. The van der Waals surface area contributed by atoms with Crippen molar-refractivity contribution in [3.05, 3.63) is 35.2 Å². The summed E-state index contributed by atoms with van der Waals surface area (Å²) in [7, 11) is 0. The van der Waals surface area contributed by atoms with E-state index in [1.54, 1.807) is 0 Å². The van der Waals surface area contributed by atoms with Gasteiger partial charge in [0.1, 0.15) is 0 Å². The first-order valence-electron chi connectivity index (χ1n) is 6.80. The van der Waals surface area contributed by atoms with E-state index in [1.807, 2.05) is 0 Å². The van der Waals surface area contributed by atoms with Crippen molar-refractivity contribution in [2.75, 3.05) is 6.54 Å². The fraction of sp³-hybridized carbons (Fsp3) is 0.467. The number of aromatic nitrogens is 2. The number of nitrogens with zero attached hydrogens (tertiary/aromatic N) is 2. The molecule has 0 aliphatic rings. The minimum Gasteiger partial charge on any atom is -0.419 e. The summed E-state index contributed by atoms with van der Waals surface area (Å²) in [6.45, 7) is 9.19. The molecule has 0 fully saturated rings. The molecule has 4 nitrogen and oxygen atoms in total. The third-order valence-electron chi connectivity index (χ3n) is 3.22. The minimum absolute atomic E-state index is 0.136. The lowest BCUT2D eigenvalue weighted by Gasteiger charge is -2.10. The van der Waals surface area contributed by atoms with Gasteiger partial charge in [0, 0.05) is 5.56 Å². The Kier molecular flexibility index (Phi) is 4.32. The van der Waals surface area contributed by atoms with Crippen LogP contribution in [-0.4, -0.2) is 16.7 Å². The Morgan fingerprint density at radius 3 is 2.68 bits per heavy atom. The van der Waals surface area contributed by atoms with Crippen LogP contribution in [0, 0.1) is 13.8 Å². The summed E-state index contributed by atoms with van der Waals surface area (Å²) in [5.41, 5.74) is 3.36. The van der Waals surface area contributed by atoms with E-state index in [4.69, 9.17) is 4.42 Å². The van der Waals surface area contributed by atoms with Gasteiger partial charge in [0.2, 0.25) is 11.8 Å². The molecule has 102 valence electrons. The number of aryl methyl sites for hydroxylation is 2. The van der Waals surface area contributed by atoms with E-state index in [2.05, 4.69) is 61.4 Å². The number of benzene rings is 1. The molecule has 1 aromatic heterocycles. The Labute approximate surface area is 114 Å². The molecule has 1 aromatic carbocycles. The smallest absolute Gasteiger partial charge is 0.248 e. The van der Waals surface area contributed by atoms with Gasteiger partial charge in [-0.3, -0.25) is 0 Å². The Hall–Kier alpha value is -1.68. The molecule has 4 heteroatoms. The van der Waals surface area contributed by atoms with E-state index < -0.39 is 0 Å². The molecular formula is C15H21N3O. The van der Waals surface area contributed by atoms with Crippen LogP contribution in [-0.2, 0) is 0 Å². The maximum atomic E-state index is 5.83. The molecular weight excluding hydrogens is 238 g/mol. The van der Waals surface area contributed by atoms with Crippen LogP contribution in [0.25, 0.3) is 11.5 Å². The molecule has 0 radical (unpaired) electrons. The van der Waals surface area contributed by atoms with Gasteiger partial charge in [-0.05, 0) is 38.4 Å². The largest absolute Gasteiger partial charge is 0.419 e. The zero-order valence-corrected chi connectivity index (χ0v) is 12.0. The van der Waals surface area contributed by atoms with Crippen LogP contribution in [0.3, 0.4) is 0 Å². The summed E-state index contributed by atoms with van der Waals surface area (Å²) in [5.74, 6) is 1.27. The Bertz CT molecular complexity index is 548. The first-order valence-corrected chi connectivity index (χ1v) is 6.80. The molecule has 0 amide bonds. The SMILES string of the molecule is CCNC(CC)c1nnc(-c2cc(C)ccc2C)o1. The predicted octanol–water partition coefficient (Wildman–Crippen LogP) is 3.41. The fourth-order valence-electron chi connectivity index (χ4n) is 2.10. The second-order valence-corrected chi connectivity index (χ2v) is 4.78. The van der Waals surface area contributed by atoms with Crippen LogP contribution in [0.5, 0.6) is 0 Å². The van der Waals surface area contributed by atoms with Crippen molar-refractivity contribution in [3.63, 3.8) is 0 Å². The van der Waals surface area contributed by atoms with Crippen molar-refractivity contribution in [3.8, 4) is 11.5 Å². The van der Waals surface area contributed by atoms with Crippen LogP contribution in [0.4, 0.5) is 0 Å². The third-order valence-corrected chi connectivity index (χ3v) is 3.22. The van der Waals surface area contributed by atoms with Gasteiger partial charge in [0.25, 0.3) is 0 Å². The summed E-state index contributed by atoms with van der Waals surface area (Å²) in [6, 6.07) is 6.39. The number of hydrogen-bond acceptors (Lipinski definition) is 4. The van der Waals surface area contributed by atoms with Crippen molar-refractivity contribution < 1.29 is 4.42 Å². The third kappa shape index (κ3) is 3.01. The van der Waals surface area contributed by atoms with Crippen molar-refractivity contribution in [2.24, 2.45) is 0 Å². The van der Waals surface area contributed by atoms with Crippen LogP contribution < -0.4 is 5.32 Å². The molecule has 0 saturated heterocycles. The second kappa shape index (κ2) is 5.97. The fourth-order valence-corrected chi connectivity index (χ4v) is 2.10. The molecule has 2 aromatic rings. The van der Waals surface area contributed by atoms with Gasteiger partial charge in [-0.1, -0.05) is 31.5 Å².